The van der Waals surface area contributed by atoms with E-state index in [1.165, 1.54) is 70.6 Å². The van der Waals surface area contributed by atoms with Gasteiger partial charge < -0.3 is 5.11 Å². The molecule has 0 saturated carbocycles. The number of carbonyl (C=O) groups is 1. The molecular formula is C18H34O2Sm. The molecule has 2 nitrogen and oxygen atoms in total. The van der Waals surface area contributed by atoms with Gasteiger partial charge in [0.15, 0.2) is 0 Å². The number of carboxylic acids is 1. The Morgan fingerprint density at radius 3 is 1.67 bits per heavy atom. The molecule has 0 radical (unpaired) electrons. The summed E-state index contributed by atoms with van der Waals surface area (Å²) in [4.78, 5) is 10.3. The molecule has 21 heavy (non-hydrogen) atoms. The third-order valence-electron chi connectivity index (χ3n) is 3.65. The van der Waals surface area contributed by atoms with E-state index in [1.807, 2.05) is 0 Å². The molecule has 0 amide bonds. The molecule has 0 aliphatic rings. The molecule has 1 N–H and O–H groups in total. The van der Waals surface area contributed by atoms with Gasteiger partial charge in [0, 0.05) is 46.8 Å². The van der Waals surface area contributed by atoms with Gasteiger partial charge in [-0.2, -0.15) is 0 Å². The SMILES string of the molecule is CCCCCCCC/C=C\CCCCCCCC(=O)O.[Sm]. The second-order valence-corrected chi connectivity index (χ2v) is 5.73. The zero-order chi connectivity index (χ0) is 14.9. The molecule has 3 heteroatoms. The van der Waals surface area contributed by atoms with Crippen molar-refractivity contribution in [2.24, 2.45) is 0 Å². The molecule has 0 unspecified atom stereocenters. The Labute approximate surface area is 164 Å². The van der Waals surface area contributed by atoms with Crippen LogP contribution in [0.1, 0.15) is 96.8 Å². The molecule has 0 aromatic rings. The summed E-state index contributed by atoms with van der Waals surface area (Å²) in [5, 5.41) is 8.51. The monoisotopic (exact) mass is 434 g/mol. The third-order valence-corrected chi connectivity index (χ3v) is 3.65. The Hall–Kier alpha value is 0.548. The molecule has 0 heterocycles. The van der Waals surface area contributed by atoms with Gasteiger partial charge in [0.1, 0.15) is 0 Å². The van der Waals surface area contributed by atoms with Gasteiger partial charge in [-0.25, -0.2) is 0 Å². The fourth-order valence-electron chi connectivity index (χ4n) is 2.35. The maximum absolute atomic E-state index is 10.3. The van der Waals surface area contributed by atoms with Crippen molar-refractivity contribution in [3.8, 4) is 0 Å². The minimum absolute atomic E-state index is 0. The molecule has 0 aromatic carbocycles. The minimum Gasteiger partial charge on any atom is -0.481 e. The fourth-order valence-corrected chi connectivity index (χ4v) is 2.35. The van der Waals surface area contributed by atoms with E-state index in [-0.39, 0.29) is 40.4 Å². The van der Waals surface area contributed by atoms with Gasteiger partial charge in [-0.1, -0.05) is 70.4 Å². The molecule has 0 fully saturated rings. The summed E-state index contributed by atoms with van der Waals surface area (Å²) in [6, 6.07) is 0. The van der Waals surface area contributed by atoms with Gasteiger partial charge >= 0.3 is 5.97 Å². The third kappa shape index (κ3) is 23.0. The van der Waals surface area contributed by atoms with Gasteiger partial charge in [0.05, 0.1) is 0 Å². The van der Waals surface area contributed by atoms with Gasteiger partial charge in [-0.05, 0) is 32.1 Å². The molecular weight excluding hydrogens is 399 g/mol. The van der Waals surface area contributed by atoms with Crippen molar-refractivity contribution in [2.45, 2.75) is 96.8 Å². The van der Waals surface area contributed by atoms with Crippen molar-refractivity contribution in [3.05, 3.63) is 12.2 Å². The van der Waals surface area contributed by atoms with Crippen LogP contribution in [0.4, 0.5) is 0 Å². The number of rotatable bonds is 15. The Balaban J connectivity index is 0. The van der Waals surface area contributed by atoms with E-state index in [1.54, 1.807) is 0 Å². The van der Waals surface area contributed by atoms with Crippen LogP contribution in [-0.4, -0.2) is 11.1 Å². The predicted octanol–water partition coefficient (Wildman–Crippen LogP) is 6.11. The molecule has 0 aliphatic carbocycles. The molecule has 0 saturated heterocycles. The van der Waals surface area contributed by atoms with Crippen LogP contribution in [0.15, 0.2) is 12.2 Å². The number of aliphatic carboxylic acids is 1. The molecule has 0 spiro atoms. The van der Waals surface area contributed by atoms with E-state index >= 15 is 0 Å². The Bertz CT molecular complexity index is 239. The van der Waals surface area contributed by atoms with Crippen molar-refractivity contribution < 1.29 is 50.3 Å². The molecule has 0 atom stereocenters. The van der Waals surface area contributed by atoms with E-state index in [0.29, 0.717) is 6.42 Å². The second kappa shape index (κ2) is 20.5. The normalized spacial score (nSPS) is 10.7. The van der Waals surface area contributed by atoms with Gasteiger partial charge in [-0.3, -0.25) is 4.79 Å². The van der Waals surface area contributed by atoms with Crippen molar-refractivity contribution in [1.29, 1.82) is 0 Å². The van der Waals surface area contributed by atoms with E-state index < -0.39 is 5.97 Å². The molecule has 0 bridgehead atoms. The van der Waals surface area contributed by atoms with Crippen LogP contribution in [0.25, 0.3) is 0 Å². The van der Waals surface area contributed by atoms with E-state index in [2.05, 4.69) is 19.1 Å². The summed E-state index contributed by atoms with van der Waals surface area (Å²) < 4.78 is 0. The number of hydrogen-bond donors (Lipinski definition) is 1. The number of hydrogen-bond acceptors (Lipinski definition) is 1. The smallest absolute Gasteiger partial charge is 0.303 e. The average molecular weight is 433 g/mol. The Kier molecular flexibility index (Phi) is 23.3. The van der Waals surface area contributed by atoms with Gasteiger partial charge in [0.2, 0.25) is 0 Å². The predicted molar refractivity (Wildman–Crippen MR) is 87.1 cm³/mol. The van der Waals surface area contributed by atoms with Crippen molar-refractivity contribution in [2.75, 3.05) is 0 Å². The average Bonchev–Trinajstić information content (AvgIpc) is 2.43. The van der Waals surface area contributed by atoms with Crippen molar-refractivity contribution in [3.63, 3.8) is 0 Å². The zero-order valence-corrected chi connectivity index (χ0v) is 16.4. The maximum atomic E-state index is 10.3. The first-order chi connectivity index (χ1) is 9.77. The van der Waals surface area contributed by atoms with Crippen molar-refractivity contribution >= 4 is 5.97 Å². The van der Waals surface area contributed by atoms with Crippen LogP contribution in [0, 0.1) is 40.4 Å². The van der Waals surface area contributed by atoms with Crippen LogP contribution in [0.3, 0.4) is 0 Å². The van der Waals surface area contributed by atoms with E-state index in [0.717, 1.165) is 12.8 Å². The van der Waals surface area contributed by atoms with E-state index in [4.69, 9.17) is 5.11 Å². The Morgan fingerprint density at radius 1 is 0.762 bits per heavy atom. The number of carboxylic acid groups (broad SMARTS) is 1. The summed E-state index contributed by atoms with van der Waals surface area (Å²) in [5.41, 5.74) is 0. The molecule has 0 aromatic heterocycles. The van der Waals surface area contributed by atoms with Crippen LogP contribution >= 0.6 is 0 Å². The van der Waals surface area contributed by atoms with Crippen LogP contribution in [0.2, 0.25) is 0 Å². The number of unbranched alkanes of at least 4 members (excludes halogenated alkanes) is 11. The largest absolute Gasteiger partial charge is 0.481 e. The molecule has 0 aliphatic heterocycles. The van der Waals surface area contributed by atoms with Crippen molar-refractivity contribution in [1.82, 2.24) is 0 Å². The fraction of sp³-hybridized carbons (Fsp3) is 0.833. The van der Waals surface area contributed by atoms with Crippen LogP contribution in [0.5, 0.6) is 0 Å². The summed E-state index contributed by atoms with van der Waals surface area (Å²) >= 11 is 0. The first-order valence-corrected chi connectivity index (χ1v) is 8.64. The van der Waals surface area contributed by atoms with Gasteiger partial charge in [-0.15, -0.1) is 0 Å². The quantitative estimate of drug-likeness (QED) is 0.250. The summed E-state index contributed by atoms with van der Waals surface area (Å²) in [7, 11) is 0. The maximum Gasteiger partial charge on any atom is 0.303 e. The first kappa shape index (κ1) is 23.8. The van der Waals surface area contributed by atoms with E-state index in [9.17, 15) is 4.79 Å². The zero-order valence-electron chi connectivity index (χ0n) is 13.8. The second-order valence-electron chi connectivity index (χ2n) is 5.73. The standard InChI is InChI=1S/C18H34O2.Sm/c1-2-3-4-5-6-7-8-9-10-11-12-13-14-15-16-17-18(19)20;/h9-10H,2-8,11-17H2,1H3,(H,19,20);/b10-9-;. The van der Waals surface area contributed by atoms with Crippen LogP contribution in [-0.2, 0) is 4.79 Å². The number of allylic oxidation sites excluding steroid dienone is 2. The minimum atomic E-state index is -0.664. The first-order valence-electron chi connectivity index (χ1n) is 8.64. The van der Waals surface area contributed by atoms with Gasteiger partial charge in [0.25, 0.3) is 0 Å². The summed E-state index contributed by atoms with van der Waals surface area (Å²) in [6.07, 6.45) is 21.2. The topological polar surface area (TPSA) is 37.3 Å². The Morgan fingerprint density at radius 2 is 1.19 bits per heavy atom. The van der Waals surface area contributed by atoms with Crippen LogP contribution < -0.4 is 0 Å². The molecule has 0 rings (SSSR count). The summed E-state index contributed by atoms with van der Waals surface area (Å²) in [6.45, 7) is 2.26. The molecule has 124 valence electrons. The summed E-state index contributed by atoms with van der Waals surface area (Å²) in [5.74, 6) is -0.664.